The number of ether oxygens (including phenoxy) is 4. The Kier molecular flexibility index (Phi) is 30.0. The van der Waals surface area contributed by atoms with Crippen molar-refractivity contribution in [3.05, 3.63) is 36.5 Å². The minimum absolute atomic E-state index is 0.212. The highest BCUT2D eigenvalue weighted by atomic mass is 16.7. The second-order valence-corrected chi connectivity index (χ2v) is 13.7. The summed E-state index contributed by atoms with van der Waals surface area (Å²) in [6.45, 7) is 3.30. The van der Waals surface area contributed by atoms with Crippen LogP contribution >= 0.6 is 0 Å². The van der Waals surface area contributed by atoms with Gasteiger partial charge in [-0.2, -0.15) is 0 Å². The fourth-order valence-electron chi connectivity index (χ4n) is 5.75. The number of rotatable bonds is 32. The number of hydrogen-bond donors (Lipinski definition) is 4. The van der Waals surface area contributed by atoms with Crippen LogP contribution < -0.4 is 0 Å². The van der Waals surface area contributed by atoms with Gasteiger partial charge in [-0.15, -0.1) is 0 Å². The predicted molar refractivity (Wildman–Crippen MR) is 201 cm³/mol. The molecule has 6 atom stereocenters. The van der Waals surface area contributed by atoms with Crippen LogP contribution in [-0.4, -0.2) is 89.0 Å². The molecule has 10 heteroatoms. The molecule has 1 heterocycles. The molecule has 0 radical (unpaired) electrons. The van der Waals surface area contributed by atoms with Crippen LogP contribution in [0.3, 0.4) is 0 Å². The largest absolute Gasteiger partial charge is 0.462 e. The third kappa shape index (κ3) is 24.7. The van der Waals surface area contributed by atoms with Gasteiger partial charge >= 0.3 is 11.9 Å². The standard InChI is InChI=1S/C41H72O10/c1-3-5-7-9-11-13-15-17-19-21-23-25-27-29-36(43)48-32-34(33-49-41-40(47)39(46)38(45)35(31-42)51-41)50-37(44)30-28-26-24-22-20-18-16-14-12-10-8-6-4-2/h8,10,13-16,34-35,38-42,45-47H,3-7,9,11-12,17-33H2,1-2H3/b10-8-,15-13-,16-14-. The Morgan fingerprint density at radius 1 is 0.608 bits per heavy atom. The minimum atomic E-state index is -1.60. The van der Waals surface area contributed by atoms with Crippen LogP contribution in [0.25, 0.3) is 0 Å². The summed E-state index contributed by atoms with van der Waals surface area (Å²) in [6, 6.07) is 0. The topological polar surface area (TPSA) is 152 Å². The molecule has 4 N–H and O–H groups in total. The lowest BCUT2D eigenvalue weighted by Gasteiger charge is -2.39. The predicted octanol–water partition coefficient (Wildman–Crippen LogP) is 7.55. The van der Waals surface area contributed by atoms with E-state index in [0.29, 0.717) is 12.8 Å². The zero-order valence-electron chi connectivity index (χ0n) is 31.8. The van der Waals surface area contributed by atoms with Crippen molar-refractivity contribution in [1.29, 1.82) is 0 Å². The zero-order chi connectivity index (χ0) is 37.4. The van der Waals surface area contributed by atoms with Crippen LogP contribution in [0.5, 0.6) is 0 Å². The summed E-state index contributed by atoms with van der Waals surface area (Å²) in [6.07, 6.45) is 27.2. The number of hydrogen-bond acceptors (Lipinski definition) is 10. The van der Waals surface area contributed by atoms with Crippen LogP contribution in [0, 0.1) is 0 Å². The fourth-order valence-corrected chi connectivity index (χ4v) is 5.75. The Bertz CT molecular complexity index is 933. The summed E-state index contributed by atoms with van der Waals surface area (Å²) >= 11 is 0. The molecular formula is C41H72O10. The normalized spacial score (nSPS) is 21.6. The second kappa shape index (κ2) is 32.6. The van der Waals surface area contributed by atoms with Crippen molar-refractivity contribution < 1.29 is 49.0 Å². The first-order valence-corrected chi connectivity index (χ1v) is 20.1. The van der Waals surface area contributed by atoms with E-state index in [2.05, 4.69) is 50.3 Å². The molecule has 1 aliphatic rings. The first-order valence-electron chi connectivity index (χ1n) is 20.1. The van der Waals surface area contributed by atoms with Gasteiger partial charge in [0, 0.05) is 12.8 Å². The maximum atomic E-state index is 12.7. The van der Waals surface area contributed by atoms with E-state index in [0.717, 1.165) is 77.0 Å². The number of aliphatic hydroxyl groups excluding tert-OH is 4. The van der Waals surface area contributed by atoms with Gasteiger partial charge in [-0.1, -0.05) is 115 Å². The summed E-state index contributed by atoms with van der Waals surface area (Å²) in [7, 11) is 0. The Morgan fingerprint density at radius 2 is 1.14 bits per heavy atom. The van der Waals surface area contributed by atoms with Crippen molar-refractivity contribution in [1.82, 2.24) is 0 Å². The maximum absolute atomic E-state index is 12.7. The molecule has 51 heavy (non-hydrogen) atoms. The molecule has 1 aliphatic heterocycles. The molecule has 0 aliphatic carbocycles. The van der Waals surface area contributed by atoms with Crippen LogP contribution in [-0.2, 0) is 28.5 Å². The van der Waals surface area contributed by atoms with Gasteiger partial charge in [-0.3, -0.25) is 9.59 Å². The molecule has 0 bridgehead atoms. The number of allylic oxidation sites excluding steroid dienone is 6. The Balaban J connectivity index is 2.40. The summed E-state index contributed by atoms with van der Waals surface area (Å²) in [5, 5.41) is 39.9. The quantitative estimate of drug-likeness (QED) is 0.0311. The first kappa shape index (κ1) is 46.9. The van der Waals surface area contributed by atoms with E-state index < -0.39 is 55.4 Å². The van der Waals surface area contributed by atoms with Gasteiger partial charge in [-0.25, -0.2) is 0 Å². The van der Waals surface area contributed by atoms with Crippen molar-refractivity contribution in [2.75, 3.05) is 19.8 Å². The molecule has 0 aromatic carbocycles. The summed E-state index contributed by atoms with van der Waals surface area (Å²) in [5.41, 5.74) is 0. The first-order chi connectivity index (χ1) is 24.8. The highest BCUT2D eigenvalue weighted by molar-refractivity contribution is 5.70. The van der Waals surface area contributed by atoms with Gasteiger partial charge in [-0.05, 0) is 64.2 Å². The van der Waals surface area contributed by atoms with Gasteiger partial charge in [0.2, 0.25) is 0 Å². The van der Waals surface area contributed by atoms with E-state index in [1.54, 1.807) is 0 Å². The van der Waals surface area contributed by atoms with Crippen molar-refractivity contribution >= 4 is 11.9 Å². The third-order valence-electron chi connectivity index (χ3n) is 8.98. The third-order valence-corrected chi connectivity index (χ3v) is 8.98. The highest BCUT2D eigenvalue weighted by Crippen LogP contribution is 2.22. The van der Waals surface area contributed by atoms with Crippen LogP contribution in [0.4, 0.5) is 0 Å². The summed E-state index contributed by atoms with van der Waals surface area (Å²) in [4.78, 5) is 25.2. The molecular weight excluding hydrogens is 652 g/mol. The van der Waals surface area contributed by atoms with E-state index in [4.69, 9.17) is 18.9 Å². The van der Waals surface area contributed by atoms with Crippen LogP contribution in [0.2, 0.25) is 0 Å². The minimum Gasteiger partial charge on any atom is -0.462 e. The van der Waals surface area contributed by atoms with E-state index in [1.165, 1.54) is 38.5 Å². The van der Waals surface area contributed by atoms with Crippen molar-refractivity contribution in [2.45, 2.75) is 192 Å². The van der Waals surface area contributed by atoms with Crippen molar-refractivity contribution in [3.63, 3.8) is 0 Å². The SMILES string of the molecule is CCC/C=C\C/C=C\CCCCCCCC(=O)OC(COC(=O)CCCCCCC/C=C\CCCCCC)COC1OC(CO)C(O)C(O)C1O. The molecule has 10 nitrogen and oxygen atoms in total. The average Bonchev–Trinajstić information content (AvgIpc) is 3.13. The Morgan fingerprint density at radius 3 is 1.73 bits per heavy atom. The summed E-state index contributed by atoms with van der Waals surface area (Å²) in [5.74, 6) is -0.837. The number of aliphatic hydroxyl groups is 4. The Hall–Kier alpha value is -2.08. The smallest absolute Gasteiger partial charge is 0.306 e. The molecule has 0 amide bonds. The number of unbranched alkanes of at least 4 members (excludes halogenated alkanes) is 15. The lowest BCUT2D eigenvalue weighted by molar-refractivity contribution is -0.305. The highest BCUT2D eigenvalue weighted by Gasteiger charge is 2.44. The van der Waals surface area contributed by atoms with Crippen LogP contribution in [0.1, 0.15) is 155 Å². The number of carbonyl (C=O) groups is 2. The van der Waals surface area contributed by atoms with Crippen LogP contribution in [0.15, 0.2) is 36.5 Å². The number of esters is 2. The van der Waals surface area contributed by atoms with Crippen molar-refractivity contribution in [2.24, 2.45) is 0 Å². The molecule has 0 spiro atoms. The molecule has 1 saturated heterocycles. The van der Waals surface area contributed by atoms with Gasteiger partial charge in [0.1, 0.15) is 31.0 Å². The lowest BCUT2D eigenvalue weighted by Crippen LogP contribution is -2.59. The van der Waals surface area contributed by atoms with E-state index >= 15 is 0 Å². The monoisotopic (exact) mass is 725 g/mol. The Labute approximate surface area is 308 Å². The summed E-state index contributed by atoms with van der Waals surface area (Å²) < 4.78 is 22.0. The zero-order valence-corrected chi connectivity index (χ0v) is 31.8. The van der Waals surface area contributed by atoms with Crippen molar-refractivity contribution in [3.8, 4) is 0 Å². The molecule has 1 rings (SSSR count). The molecule has 0 aromatic rings. The molecule has 296 valence electrons. The van der Waals surface area contributed by atoms with Gasteiger partial charge in [0.05, 0.1) is 13.2 Å². The number of carbonyl (C=O) groups excluding carboxylic acids is 2. The average molecular weight is 725 g/mol. The van der Waals surface area contributed by atoms with E-state index in [1.807, 2.05) is 0 Å². The van der Waals surface area contributed by atoms with Gasteiger partial charge in [0.25, 0.3) is 0 Å². The van der Waals surface area contributed by atoms with E-state index in [-0.39, 0.29) is 26.1 Å². The fraction of sp³-hybridized carbons (Fsp3) is 0.805. The van der Waals surface area contributed by atoms with Gasteiger partial charge < -0.3 is 39.4 Å². The van der Waals surface area contributed by atoms with E-state index in [9.17, 15) is 30.0 Å². The maximum Gasteiger partial charge on any atom is 0.306 e. The lowest BCUT2D eigenvalue weighted by atomic mass is 9.99. The molecule has 0 saturated carbocycles. The molecule has 0 aromatic heterocycles. The van der Waals surface area contributed by atoms with Gasteiger partial charge in [0.15, 0.2) is 12.4 Å². The molecule has 1 fully saturated rings. The second-order valence-electron chi connectivity index (χ2n) is 13.7. The molecule has 6 unspecified atom stereocenters.